The highest BCUT2D eigenvalue weighted by atomic mass is 32.1. The van der Waals surface area contributed by atoms with Gasteiger partial charge in [-0.25, -0.2) is 0 Å². The number of nitrogens with one attached hydrogen (secondary N) is 1. The van der Waals surface area contributed by atoms with Gasteiger partial charge in [-0.3, -0.25) is 9.69 Å². The van der Waals surface area contributed by atoms with Crippen molar-refractivity contribution in [3.63, 3.8) is 0 Å². The van der Waals surface area contributed by atoms with Crippen molar-refractivity contribution < 1.29 is 4.79 Å². The standard InChI is InChI=1S/C19H26N2OS/c1-5-15(3)21(4)13-18(22)20-19(17-7-6-12-23-17)16-10-8-14(2)9-11-16/h6-12,15,19H,5,13H2,1-4H3,(H,20,22). The summed E-state index contributed by atoms with van der Waals surface area (Å²) in [6.45, 7) is 6.77. The third kappa shape index (κ3) is 4.91. The van der Waals surface area contributed by atoms with E-state index in [1.165, 1.54) is 5.56 Å². The monoisotopic (exact) mass is 330 g/mol. The lowest BCUT2D eigenvalue weighted by atomic mass is 10.0. The van der Waals surface area contributed by atoms with Gasteiger partial charge in [0.15, 0.2) is 0 Å². The summed E-state index contributed by atoms with van der Waals surface area (Å²) >= 11 is 1.67. The molecule has 1 amide bonds. The molecule has 2 rings (SSSR count). The molecule has 0 fully saturated rings. The van der Waals surface area contributed by atoms with Crippen molar-refractivity contribution in [1.29, 1.82) is 0 Å². The zero-order valence-electron chi connectivity index (χ0n) is 14.4. The molecule has 23 heavy (non-hydrogen) atoms. The molecular formula is C19H26N2OS. The number of hydrogen-bond acceptors (Lipinski definition) is 3. The predicted octanol–water partition coefficient (Wildman–Crippen LogP) is 3.99. The van der Waals surface area contributed by atoms with Gasteiger partial charge < -0.3 is 5.32 Å². The van der Waals surface area contributed by atoms with Crippen LogP contribution in [0, 0.1) is 6.92 Å². The number of benzene rings is 1. The first-order valence-electron chi connectivity index (χ1n) is 8.10. The Balaban J connectivity index is 2.13. The van der Waals surface area contributed by atoms with E-state index in [1.807, 2.05) is 18.5 Å². The molecule has 1 heterocycles. The lowest BCUT2D eigenvalue weighted by Crippen LogP contribution is -2.40. The minimum Gasteiger partial charge on any atom is -0.343 e. The molecular weight excluding hydrogens is 304 g/mol. The molecule has 0 spiro atoms. The highest BCUT2D eigenvalue weighted by Crippen LogP contribution is 2.26. The topological polar surface area (TPSA) is 32.3 Å². The van der Waals surface area contributed by atoms with Crippen LogP contribution in [0.15, 0.2) is 41.8 Å². The molecule has 1 aromatic carbocycles. The van der Waals surface area contributed by atoms with Gasteiger partial charge in [0.1, 0.15) is 0 Å². The van der Waals surface area contributed by atoms with Crippen LogP contribution in [0.2, 0.25) is 0 Å². The summed E-state index contributed by atoms with van der Waals surface area (Å²) in [5, 5.41) is 5.24. The maximum absolute atomic E-state index is 12.5. The Morgan fingerprint density at radius 2 is 1.96 bits per heavy atom. The van der Waals surface area contributed by atoms with Crippen LogP contribution in [0.3, 0.4) is 0 Å². The number of likely N-dealkylation sites (N-methyl/N-ethyl adjacent to an activating group) is 1. The molecule has 1 aromatic heterocycles. The van der Waals surface area contributed by atoms with Crippen LogP contribution in [-0.4, -0.2) is 30.4 Å². The lowest BCUT2D eigenvalue weighted by Gasteiger charge is -2.25. The molecule has 3 nitrogen and oxygen atoms in total. The second-order valence-electron chi connectivity index (χ2n) is 6.10. The Labute approximate surface area is 143 Å². The molecule has 0 aliphatic rings. The molecule has 0 saturated heterocycles. The zero-order valence-corrected chi connectivity index (χ0v) is 15.2. The first-order valence-corrected chi connectivity index (χ1v) is 8.98. The molecule has 4 heteroatoms. The molecule has 0 bridgehead atoms. The number of thiophene rings is 1. The van der Waals surface area contributed by atoms with Gasteiger partial charge >= 0.3 is 0 Å². The maximum Gasteiger partial charge on any atom is 0.234 e. The number of amides is 1. The largest absolute Gasteiger partial charge is 0.343 e. The van der Waals surface area contributed by atoms with Gasteiger partial charge in [-0.1, -0.05) is 42.8 Å². The Morgan fingerprint density at radius 3 is 2.52 bits per heavy atom. The maximum atomic E-state index is 12.5. The predicted molar refractivity (Wildman–Crippen MR) is 97.9 cm³/mol. The van der Waals surface area contributed by atoms with E-state index in [1.54, 1.807) is 11.3 Å². The quantitative estimate of drug-likeness (QED) is 0.832. The van der Waals surface area contributed by atoms with E-state index in [0.29, 0.717) is 12.6 Å². The zero-order chi connectivity index (χ0) is 16.8. The van der Waals surface area contributed by atoms with Crippen molar-refractivity contribution in [1.82, 2.24) is 10.2 Å². The number of nitrogens with zero attached hydrogens (tertiary/aromatic N) is 1. The average Bonchev–Trinajstić information content (AvgIpc) is 3.07. The SMILES string of the molecule is CCC(C)N(C)CC(=O)NC(c1ccc(C)cc1)c1cccs1. The second kappa shape index (κ2) is 8.27. The Hall–Kier alpha value is -1.65. The molecule has 0 saturated carbocycles. The fraction of sp³-hybridized carbons (Fsp3) is 0.421. The van der Waals surface area contributed by atoms with Crippen molar-refractivity contribution in [2.75, 3.05) is 13.6 Å². The van der Waals surface area contributed by atoms with Gasteiger partial charge in [-0.2, -0.15) is 0 Å². The van der Waals surface area contributed by atoms with Crippen LogP contribution in [0.1, 0.15) is 42.3 Å². The Morgan fingerprint density at radius 1 is 1.26 bits per heavy atom. The summed E-state index contributed by atoms with van der Waals surface area (Å²) in [7, 11) is 2.00. The molecule has 0 aliphatic heterocycles. The smallest absolute Gasteiger partial charge is 0.234 e. The Kier molecular flexibility index (Phi) is 6.37. The Bertz CT molecular complexity index is 607. The van der Waals surface area contributed by atoms with E-state index >= 15 is 0 Å². The lowest BCUT2D eigenvalue weighted by molar-refractivity contribution is -0.122. The minimum atomic E-state index is -0.0755. The second-order valence-corrected chi connectivity index (χ2v) is 7.08. The van der Waals surface area contributed by atoms with Crippen molar-refractivity contribution in [3.05, 3.63) is 57.8 Å². The third-order valence-electron chi connectivity index (χ3n) is 4.28. The van der Waals surface area contributed by atoms with Crippen molar-refractivity contribution >= 4 is 17.2 Å². The van der Waals surface area contributed by atoms with E-state index in [9.17, 15) is 4.79 Å². The summed E-state index contributed by atoms with van der Waals surface area (Å²) in [5.74, 6) is 0.0618. The first kappa shape index (κ1) is 17.7. The number of carbonyl (C=O) groups excluding carboxylic acids is 1. The number of hydrogen-bond donors (Lipinski definition) is 1. The van der Waals surface area contributed by atoms with Crippen LogP contribution >= 0.6 is 11.3 Å². The minimum absolute atomic E-state index is 0.0618. The summed E-state index contributed by atoms with van der Waals surface area (Å²) in [5.41, 5.74) is 2.35. The van der Waals surface area contributed by atoms with Gasteiger partial charge in [0.2, 0.25) is 5.91 Å². The molecule has 2 aromatic rings. The summed E-state index contributed by atoms with van der Waals surface area (Å²) in [6.07, 6.45) is 1.04. The van der Waals surface area contributed by atoms with Gasteiger partial charge in [-0.15, -0.1) is 11.3 Å². The van der Waals surface area contributed by atoms with E-state index in [4.69, 9.17) is 0 Å². The van der Waals surface area contributed by atoms with Crippen molar-refractivity contribution in [2.45, 2.75) is 39.3 Å². The van der Waals surface area contributed by atoms with Gasteiger partial charge in [-0.05, 0) is 44.3 Å². The summed E-state index contributed by atoms with van der Waals surface area (Å²) in [6, 6.07) is 12.8. The van der Waals surface area contributed by atoms with Gasteiger partial charge in [0, 0.05) is 10.9 Å². The normalized spacial score (nSPS) is 13.8. The third-order valence-corrected chi connectivity index (χ3v) is 5.22. The summed E-state index contributed by atoms with van der Waals surface area (Å²) < 4.78 is 0. The highest BCUT2D eigenvalue weighted by Gasteiger charge is 2.19. The molecule has 1 N–H and O–H groups in total. The molecule has 124 valence electrons. The van der Waals surface area contributed by atoms with Crippen LogP contribution in [0.4, 0.5) is 0 Å². The van der Waals surface area contributed by atoms with Crippen molar-refractivity contribution in [2.24, 2.45) is 0 Å². The van der Waals surface area contributed by atoms with E-state index < -0.39 is 0 Å². The van der Waals surface area contributed by atoms with Crippen molar-refractivity contribution in [3.8, 4) is 0 Å². The highest BCUT2D eigenvalue weighted by molar-refractivity contribution is 7.10. The number of aryl methyl sites for hydroxylation is 1. The first-order chi connectivity index (χ1) is 11.0. The van der Waals surface area contributed by atoms with Gasteiger partial charge in [0.25, 0.3) is 0 Å². The van der Waals surface area contributed by atoms with Crippen LogP contribution in [0.25, 0.3) is 0 Å². The summed E-state index contributed by atoms with van der Waals surface area (Å²) in [4.78, 5) is 15.7. The fourth-order valence-electron chi connectivity index (χ4n) is 2.43. The van der Waals surface area contributed by atoms with Crippen LogP contribution in [-0.2, 0) is 4.79 Å². The molecule has 0 aliphatic carbocycles. The average molecular weight is 330 g/mol. The number of carbonyl (C=O) groups is 1. The van der Waals surface area contributed by atoms with Gasteiger partial charge in [0.05, 0.1) is 12.6 Å². The fourth-order valence-corrected chi connectivity index (χ4v) is 3.24. The van der Waals surface area contributed by atoms with E-state index in [-0.39, 0.29) is 11.9 Å². The van der Waals surface area contributed by atoms with Crippen LogP contribution < -0.4 is 5.32 Å². The molecule has 2 unspecified atom stereocenters. The number of rotatable bonds is 7. The van der Waals surface area contributed by atoms with E-state index in [2.05, 4.69) is 61.3 Å². The van der Waals surface area contributed by atoms with E-state index in [0.717, 1.165) is 16.9 Å². The molecule has 0 radical (unpaired) electrons. The van der Waals surface area contributed by atoms with Crippen LogP contribution in [0.5, 0.6) is 0 Å². The molecule has 2 atom stereocenters.